The Balaban J connectivity index is 1.68. The molecule has 0 unspecified atom stereocenters. The minimum absolute atomic E-state index is 0.468. The summed E-state index contributed by atoms with van der Waals surface area (Å²) in [5, 5.41) is 2.99. The summed E-state index contributed by atoms with van der Waals surface area (Å²) in [4.78, 5) is 0. The SMILES string of the molecule is Cc1c(NCc2ccc(NS(=O)(=O)C(C)C)cc2)ccc(-c2ccco2)c1C. The van der Waals surface area contributed by atoms with Crippen LogP contribution >= 0.6 is 0 Å². The maximum Gasteiger partial charge on any atom is 0.235 e. The molecule has 0 aliphatic rings. The number of sulfonamides is 1. The van der Waals surface area contributed by atoms with Crippen molar-refractivity contribution in [2.75, 3.05) is 10.0 Å². The first-order valence-electron chi connectivity index (χ1n) is 9.26. The van der Waals surface area contributed by atoms with Crippen LogP contribution < -0.4 is 10.0 Å². The predicted octanol–water partition coefficient (Wildman–Crippen LogP) is 5.33. The van der Waals surface area contributed by atoms with Gasteiger partial charge in [-0.25, -0.2) is 8.42 Å². The van der Waals surface area contributed by atoms with Gasteiger partial charge in [-0.2, -0.15) is 0 Å². The lowest BCUT2D eigenvalue weighted by Crippen LogP contribution is -2.22. The molecule has 0 bridgehead atoms. The number of anilines is 2. The van der Waals surface area contributed by atoms with Crippen LogP contribution in [0.4, 0.5) is 11.4 Å². The molecule has 5 nitrogen and oxygen atoms in total. The lowest BCUT2D eigenvalue weighted by Gasteiger charge is -2.15. The quantitative estimate of drug-likeness (QED) is 0.565. The van der Waals surface area contributed by atoms with Crippen molar-refractivity contribution in [1.82, 2.24) is 0 Å². The molecule has 6 heteroatoms. The van der Waals surface area contributed by atoms with Crippen molar-refractivity contribution in [2.45, 2.75) is 39.5 Å². The van der Waals surface area contributed by atoms with Gasteiger partial charge in [0.25, 0.3) is 0 Å². The van der Waals surface area contributed by atoms with Gasteiger partial charge in [-0.1, -0.05) is 12.1 Å². The van der Waals surface area contributed by atoms with Crippen LogP contribution in [-0.2, 0) is 16.6 Å². The van der Waals surface area contributed by atoms with Crippen LogP contribution in [0, 0.1) is 13.8 Å². The van der Waals surface area contributed by atoms with Gasteiger partial charge in [0.05, 0.1) is 11.5 Å². The van der Waals surface area contributed by atoms with Gasteiger partial charge in [-0.15, -0.1) is 0 Å². The molecule has 0 fully saturated rings. The summed E-state index contributed by atoms with van der Waals surface area (Å²) >= 11 is 0. The van der Waals surface area contributed by atoms with E-state index in [9.17, 15) is 8.42 Å². The molecule has 3 aromatic rings. The Morgan fingerprint density at radius 2 is 1.68 bits per heavy atom. The molecule has 1 heterocycles. The Morgan fingerprint density at radius 1 is 0.964 bits per heavy atom. The minimum Gasteiger partial charge on any atom is -0.464 e. The van der Waals surface area contributed by atoms with Crippen LogP contribution in [-0.4, -0.2) is 13.7 Å². The molecule has 148 valence electrons. The molecular formula is C22H26N2O3S. The zero-order valence-corrected chi connectivity index (χ0v) is 17.4. The van der Waals surface area contributed by atoms with E-state index in [1.807, 2.05) is 24.3 Å². The average molecular weight is 399 g/mol. The van der Waals surface area contributed by atoms with Crippen LogP contribution in [0.3, 0.4) is 0 Å². The summed E-state index contributed by atoms with van der Waals surface area (Å²) in [6.07, 6.45) is 1.68. The number of hydrogen-bond donors (Lipinski definition) is 2. The van der Waals surface area contributed by atoms with Crippen molar-refractivity contribution < 1.29 is 12.8 Å². The van der Waals surface area contributed by atoms with Crippen molar-refractivity contribution in [2.24, 2.45) is 0 Å². The first-order chi connectivity index (χ1) is 13.3. The van der Waals surface area contributed by atoms with E-state index in [2.05, 4.69) is 36.0 Å². The lowest BCUT2D eigenvalue weighted by atomic mass is 9.99. The summed E-state index contributed by atoms with van der Waals surface area (Å²) in [5.41, 5.74) is 6.16. The van der Waals surface area contributed by atoms with Crippen molar-refractivity contribution in [3.05, 3.63) is 71.5 Å². The Morgan fingerprint density at radius 3 is 2.29 bits per heavy atom. The highest BCUT2D eigenvalue weighted by Gasteiger charge is 2.15. The molecule has 0 aliphatic heterocycles. The second-order valence-corrected chi connectivity index (χ2v) is 9.37. The van der Waals surface area contributed by atoms with Crippen molar-refractivity contribution in [3.8, 4) is 11.3 Å². The summed E-state index contributed by atoms with van der Waals surface area (Å²) in [6, 6.07) is 15.4. The maximum atomic E-state index is 11.9. The minimum atomic E-state index is -3.33. The van der Waals surface area contributed by atoms with Crippen molar-refractivity contribution in [1.29, 1.82) is 0 Å². The second-order valence-electron chi connectivity index (χ2n) is 7.13. The summed E-state index contributed by atoms with van der Waals surface area (Å²) in [7, 11) is -3.33. The number of nitrogens with one attached hydrogen (secondary N) is 2. The summed E-state index contributed by atoms with van der Waals surface area (Å²) in [5.74, 6) is 0.867. The third kappa shape index (κ3) is 4.39. The summed E-state index contributed by atoms with van der Waals surface area (Å²) in [6.45, 7) is 8.14. The van der Waals surface area contributed by atoms with E-state index in [1.54, 1.807) is 32.2 Å². The highest BCUT2D eigenvalue weighted by Crippen LogP contribution is 2.30. The van der Waals surface area contributed by atoms with Crippen LogP contribution in [0.5, 0.6) is 0 Å². The molecule has 3 rings (SSSR count). The highest BCUT2D eigenvalue weighted by molar-refractivity contribution is 7.93. The molecule has 0 spiro atoms. The van der Waals surface area contributed by atoms with Crippen LogP contribution in [0.15, 0.2) is 59.2 Å². The van der Waals surface area contributed by atoms with Gasteiger partial charge < -0.3 is 9.73 Å². The third-order valence-electron chi connectivity index (χ3n) is 4.89. The molecule has 0 saturated heterocycles. The number of rotatable bonds is 7. The molecule has 2 N–H and O–H groups in total. The van der Waals surface area contributed by atoms with Crippen molar-refractivity contribution in [3.63, 3.8) is 0 Å². The fourth-order valence-electron chi connectivity index (χ4n) is 2.88. The van der Waals surface area contributed by atoms with E-state index in [0.717, 1.165) is 22.6 Å². The molecule has 2 aromatic carbocycles. The first-order valence-corrected chi connectivity index (χ1v) is 10.8. The van der Waals surface area contributed by atoms with E-state index in [4.69, 9.17) is 4.42 Å². The molecule has 1 aromatic heterocycles. The van der Waals surface area contributed by atoms with E-state index in [-0.39, 0.29) is 0 Å². The maximum absolute atomic E-state index is 11.9. The molecule has 28 heavy (non-hydrogen) atoms. The molecular weight excluding hydrogens is 372 g/mol. The van der Waals surface area contributed by atoms with Gasteiger partial charge in [0.2, 0.25) is 10.0 Å². The Bertz CT molecular complexity index is 1040. The highest BCUT2D eigenvalue weighted by atomic mass is 32.2. The van der Waals surface area contributed by atoms with E-state index < -0.39 is 15.3 Å². The first kappa shape index (κ1) is 20.0. The third-order valence-corrected chi connectivity index (χ3v) is 6.65. The second kappa shape index (κ2) is 8.10. The zero-order chi connectivity index (χ0) is 20.3. The largest absolute Gasteiger partial charge is 0.464 e. The lowest BCUT2D eigenvalue weighted by molar-refractivity contribution is 0.582. The van der Waals surface area contributed by atoms with Gasteiger partial charge in [-0.05, 0) is 80.8 Å². The van der Waals surface area contributed by atoms with E-state index >= 15 is 0 Å². The average Bonchev–Trinajstić information content (AvgIpc) is 3.18. The molecule has 0 aliphatic carbocycles. The van der Waals surface area contributed by atoms with E-state index in [0.29, 0.717) is 12.2 Å². The molecule has 0 amide bonds. The monoisotopic (exact) mass is 398 g/mol. The number of furan rings is 1. The topological polar surface area (TPSA) is 71.3 Å². The fourth-order valence-corrected chi connectivity index (χ4v) is 3.58. The fraction of sp³-hybridized carbons (Fsp3) is 0.273. The standard InChI is InChI=1S/C22H26N2O3S/c1-15(2)28(25,26)24-19-9-7-18(8-10-19)14-23-21-12-11-20(16(3)17(21)4)22-6-5-13-27-22/h5-13,15,23-24H,14H2,1-4H3. The smallest absolute Gasteiger partial charge is 0.235 e. The number of benzene rings is 2. The van der Waals surface area contributed by atoms with Crippen molar-refractivity contribution >= 4 is 21.4 Å². The zero-order valence-electron chi connectivity index (χ0n) is 16.6. The molecule has 0 atom stereocenters. The van der Waals surface area contributed by atoms with Crippen LogP contribution in [0.1, 0.15) is 30.5 Å². The Labute approximate surface area is 166 Å². The van der Waals surface area contributed by atoms with Gasteiger partial charge >= 0.3 is 0 Å². The Kier molecular flexibility index (Phi) is 5.79. The molecule has 0 saturated carbocycles. The van der Waals surface area contributed by atoms with Crippen LogP contribution in [0.2, 0.25) is 0 Å². The van der Waals surface area contributed by atoms with Crippen LogP contribution in [0.25, 0.3) is 11.3 Å². The van der Waals surface area contributed by atoms with E-state index in [1.165, 1.54) is 11.1 Å². The number of hydrogen-bond acceptors (Lipinski definition) is 4. The predicted molar refractivity (Wildman–Crippen MR) is 115 cm³/mol. The normalized spacial score (nSPS) is 11.6. The Hall–Kier alpha value is -2.73. The molecule has 0 radical (unpaired) electrons. The van der Waals surface area contributed by atoms with Gasteiger partial charge in [0, 0.05) is 23.5 Å². The van der Waals surface area contributed by atoms with Gasteiger partial charge in [0.1, 0.15) is 5.76 Å². The van der Waals surface area contributed by atoms with Gasteiger partial charge in [0.15, 0.2) is 0 Å². The van der Waals surface area contributed by atoms with Gasteiger partial charge in [-0.3, -0.25) is 4.72 Å². The summed E-state index contributed by atoms with van der Waals surface area (Å²) < 4.78 is 32.0.